The van der Waals surface area contributed by atoms with E-state index in [1.807, 2.05) is 0 Å². The van der Waals surface area contributed by atoms with Gasteiger partial charge in [-0.1, -0.05) is 51.8 Å². The number of hydrogen-bond donors (Lipinski definition) is 1. The standard InChI is InChI=1S/C25H38N2O/c1-7-10-11-15-26-17-22-19(6)27-23(16-24(22)28-18(4)5)25-20(8-2)13-12-14-21(25)9-3/h12-14,16,18,26H,7-11,15,17H2,1-6H3. The Hall–Kier alpha value is -1.87. The largest absolute Gasteiger partial charge is 0.491 e. The molecule has 0 aliphatic heterocycles. The Morgan fingerprint density at radius 1 is 1.04 bits per heavy atom. The Morgan fingerprint density at radius 3 is 2.29 bits per heavy atom. The fraction of sp³-hybridized carbons (Fsp3) is 0.560. The molecule has 3 heteroatoms. The molecule has 28 heavy (non-hydrogen) atoms. The first-order valence-corrected chi connectivity index (χ1v) is 11.0. The number of hydrogen-bond acceptors (Lipinski definition) is 3. The van der Waals surface area contributed by atoms with Gasteiger partial charge in [-0.05, 0) is 57.7 Å². The summed E-state index contributed by atoms with van der Waals surface area (Å²) in [5, 5.41) is 3.58. The average molecular weight is 383 g/mol. The average Bonchev–Trinajstić information content (AvgIpc) is 2.68. The molecule has 1 aromatic heterocycles. The zero-order valence-electron chi connectivity index (χ0n) is 18.7. The van der Waals surface area contributed by atoms with Crippen LogP contribution < -0.4 is 10.1 Å². The second kappa shape index (κ2) is 11.2. The number of aromatic nitrogens is 1. The van der Waals surface area contributed by atoms with E-state index >= 15 is 0 Å². The van der Waals surface area contributed by atoms with Gasteiger partial charge in [0.05, 0.1) is 11.8 Å². The van der Waals surface area contributed by atoms with Crippen LogP contribution in [0.15, 0.2) is 24.3 Å². The first-order chi connectivity index (χ1) is 13.5. The van der Waals surface area contributed by atoms with Gasteiger partial charge in [-0.3, -0.25) is 4.98 Å². The molecule has 2 rings (SSSR count). The fourth-order valence-corrected chi connectivity index (χ4v) is 3.66. The van der Waals surface area contributed by atoms with Gasteiger partial charge >= 0.3 is 0 Å². The lowest BCUT2D eigenvalue weighted by Gasteiger charge is -2.20. The van der Waals surface area contributed by atoms with Crippen LogP contribution in [-0.4, -0.2) is 17.6 Å². The maximum atomic E-state index is 6.23. The van der Waals surface area contributed by atoms with Crippen LogP contribution in [0, 0.1) is 6.92 Å². The van der Waals surface area contributed by atoms with E-state index in [0.29, 0.717) is 0 Å². The Bertz CT molecular complexity index is 730. The zero-order valence-corrected chi connectivity index (χ0v) is 18.7. The molecule has 0 fully saturated rings. The summed E-state index contributed by atoms with van der Waals surface area (Å²) in [6, 6.07) is 8.76. The maximum absolute atomic E-state index is 6.23. The van der Waals surface area contributed by atoms with Gasteiger partial charge in [-0.25, -0.2) is 0 Å². The Balaban J connectivity index is 2.42. The second-order valence-electron chi connectivity index (χ2n) is 7.78. The van der Waals surface area contributed by atoms with Gasteiger partial charge in [-0.2, -0.15) is 0 Å². The molecule has 0 unspecified atom stereocenters. The molecular weight excluding hydrogens is 344 g/mol. The van der Waals surface area contributed by atoms with E-state index in [1.165, 1.54) is 41.5 Å². The molecule has 0 amide bonds. The molecule has 2 aromatic rings. The number of ether oxygens (including phenoxy) is 1. The van der Waals surface area contributed by atoms with Crippen molar-refractivity contribution in [2.45, 2.75) is 86.3 Å². The molecule has 1 aromatic carbocycles. The lowest BCUT2D eigenvalue weighted by Crippen LogP contribution is -2.18. The summed E-state index contributed by atoms with van der Waals surface area (Å²) in [6.45, 7) is 14.8. The molecule has 3 nitrogen and oxygen atoms in total. The highest BCUT2D eigenvalue weighted by Gasteiger charge is 2.17. The number of rotatable bonds is 11. The summed E-state index contributed by atoms with van der Waals surface area (Å²) in [5.41, 5.74) is 7.27. The summed E-state index contributed by atoms with van der Waals surface area (Å²) < 4.78 is 6.23. The van der Waals surface area contributed by atoms with Crippen LogP contribution in [0.2, 0.25) is 0 Å². The molecule has 0 spiro atoms. The van der Waals surface area contributed by atoms with Gasteiger partial charge < -0.3 is 10.1 Å². The highest BCUT2D eigenvalue weighted by atomic mass is 16.5. The van der Waals surface area contributed by atoms with Crippen LogP contribution in [0.25, 0.3) is 11.3 Å². The Morgan fingerprint density at radius 2 is 1.71 bits per heavy atom. The molecule has 0 bridgehead atoms. The summed E-state index contributed by atoms with van der Waals surface area (Å²) in [4.78, 5) is 5.02. The molecule has 0 saturated heterocycles. The second-order valence-corrected chi connectivity index (χ2v) is 7.78. The van der Waals surface area contributed by atoms with Crippen molar-refractivity contribution in [3.05, 3.63) is 46.6 Å². The molecular formula is C25H38N2O. The molecule has 0 saturated carbocycles. The third kappa shape index (κ3) is 5.81. The van der Waals surface area contributed by atoms with Gasteiger partial charge in [0.2, 0.25) is 0 Å². The molecule has 0 radical (unpaired) electrons. The molecule has 1 heterocycles. The van der Waals surface area contributed by atoms with Crippen LogP contribution in [0.3, 0.4) is 0 Å². The number of aryl methyl sites for hydroxylation is 3. The van der Waals surface area contributed by atoms with Crippen molar-refractivity contribution in [3.63, 3.8) is 0 Å². The third-order valence-corrected chi connectivity index (χ3v) is 5.17. The van der Waals surface area contributed by atoms with Crippen molar-refractivity contribution in [3.8, 4) is 17.0 Å². The van der Waals surface area contributed by atoms with Crippen LogP contribution in [0.5, 0.6) is 5.75 Å². The number of nitrogens with zero attached hydrogens (tertiary/aromatic N) is 1. The quantitative estimate of drug-likeness (QED) is 0.466. The molecule has 0 aliphatic carbocycles. The minimum absolute atomic E-state index is 0.139. The van der Waals surface area contributed by atoms with Crippen molar-refractivity contribution in [2.24, 2.45) is 0 Å². The van der Waals surface area contributed by atoms with Crippen molar-refractivity contribution >= 4 is 0 Å². The van der Waals surface area contributed by atoms with Crippen molar-refractivity contribution in [1.82, 2.24) is 10.3 Å². The fourth-order valence-electron chi connectivity index (χ4n) is 3.66. The van der Waals surface area contributed by atoms with Gasteiger partial charge in [-0.15, -0.1) is 0 Å². The number of benzene rings is 1. The van der Waals surface area contributed by atoms with E-state index in [1.54, 1.807) is 0 Å². The van der Waals surface area contributed by atoms with E-state index in [-0.39, 0.29) is 6.10 Å². The SMILES string of the molecule is CCCCCNCc1c(OC(C)C)cc(-c2c(CC)cccc2CC)nc1C. The summed E-state index contributed by atoms with van der Waals surface area (Å²) >= 11 is 0. The minimum atomic E-state index is 0.139. The molecule has 1 N–H and O–H groups in total. The van der Waals surface area contributed by atoms with Crippen molar-refractivity contribution in [2.75, 3.05) is 6.54 Å². The minimum Gasteiger partial charge on any atom is -0.491 e. The highest BCUT2D eigenvalue weighted by Crippen LogP contribution is 2.33. The maximum Gasteiger partial charge on any atom is 0.128 e. The number of nitrogens with one attached hydrogen (secondary N) is 1. The smallest absolute Gasteiger partial charge is 0.128 e. The van der Waals surface area contributed by atoms with Crippen LogP contribution in [0.1, 0.15) is 76.3 Å². The Labute approximate surface area is 171 Å². The molecule has 0 atom stereocenters. The summed E-state index contributed by atoms with van der Waals surface area (Å²) in [5.74, 6) is 0.966. The number of unbranched alkanes of at least 4 members (excludes halogenated alkanes) is 2. The van der Waals surface area contributed by atoms with Crippen LogP contribution in [0.4, 0.5) is 0 Å². The molecule has 154 valence electrons. The van der Waals surface area contributed by atoms with Gasteiger partial charge in [0.15, 0.2) is 0 Å². The predicted molar refractivity (Wildman–Crippen MR) is 120 cm³/mol. The van der Waals surface area contributed by atoms with E-state index in [9.17, 15) is 0 Å². The first kappa shape index (κ1) is 22.4. The predicted octanol–water partition coefficient (Wildman–Crippen LogP) is 6.25. The lowest BCUT2D eigenvalue weighted by molar-refractivity contribution is 0.239. The Kier molecular flexibility index (Phi) is 8.98. The van der Waals surface area contributed by atoms with Crippen LogP contribution >= 0.6 is 0 Å². The monoisotopic (exact) mass is 382 g/mol. The van der Waals surface area contributed by atoms with E-state index in [2.05, 4.69) is 71.1 Å². The van der Waals surface area contributed by atoms with E-state index in [0.717, 1.165) is 43.1 Å². The van der Waals surface area contributed by atoms with E-state index < -0.39 is 0 Å². The first-order valence-electron chi connectivity index (χ1n) is 11.0. The number of pyridine rings is 1. The van der Waals surface area contributed by atoms with Gasteiger partial charge in [0.25, 0.3) is 0 Å². The topological polar surface area (TPSA) is 34.1 Å². The van der Waals surface area contributed by atoms with Gasteiger partial charge in [0.1, 0.15) is 5.75 Å². The van der Waals surface area contributed by atoms with E-state index in [4.69, 9.17) is 9.72 Å². The highest BCUT2D eigenvalue weighted by molar-refractivity contribution is 5.70. The summed E-state index contributed by atoms with van der Waals surface area (Å²) in [7, 11) is 0. The van der Waals surface area contributed by atoms with Crippen LogP contribution in [-0.2, 0) is 19.4 Å². The van der Waals surface area contributed by atoms with Crippen molar-refractivity contribution in [1.29, 1.82) is 0 Å². The van der Waals surface area contributed by atoms with Crippen molar-refractivity contribution < 1.29 is 4.74 Å². The zero-order chi connectivity index (χ0) is 20.5. The lowest BCUT2D eigenvalue weighted by atomic mass is 9.94. The van der Waals surface area contributed by atoms with Gasteiger partial charge in [0, 0.05) is 29.4 Å². The molecule has 0 aliphatic rings. The third-order valence-electron chi connectivity index (χ3n) is 5.17. The summed E-state index contributed by atoms with van der Waals surface area (Å²) in [6.07, 6.45) is 5.88. The normalized spacial score (nSPS) is 11.2.